The van der Waals surface area contributed by atoms with Gasteiger partial charge < -0.3 is 4.48 Å². The first-order valence-electron chi connectivity index (χ1n) is 4.61. The van der Waals surface area contributed by atoms with Crippen LogP contribution in [0.5, 0.6) is 0 Å². The maximum Gasteiger partial charge on any atom is 0.104 e. The summed E-state index contributed by atoms with van der Waals surface area (Å²) in [6.45, 7) is 5.84. The summed E-state index contributed by atoms with van der Waals surface area (Å²) in [5.74, 6) is 0. The van der Waals surface area contributed by atoms with Gasteiger partial charge in [0, 0.05) is 5.56 Å². The van der Waals surface area contributed by atoms with Crippen molar-refractivity contribution >= 4 is 0 Å². The Morgan fingerprint density at radius 2 is 1.79 bits per heavy atom. The van der Waals surface area contributed by atoms with Gasteiger partial charge in [0.05, 0.1) is 33.0 Å². The maximum atomic E-state index is 3.77. The van der Waals surface area contributed by atoms with Gasteiger partial charge in [-0.3, -0.25) is 0 Å². The Hall–Kier alpha value is -0.790. The lowest BCUT2D eigenvalue weighted by atomic mass is 10.2. The first kappa shape index (κ1) is 13.2. The normalized spacial score (nSPS) is 10.4. The smallest absolute Gasteiger partial charge is 0.104 e. The molecule has 0 saturated heterocycles. The topological polar surface area (TPSA) is 0 Å². The summed E-state index contributed by atoms with van der Waals surface area (Å²) in [6, 6.07) is 10.6. The van der Waals surface area contributed by atoms with Gasteiger partial charge in [-0.15, -0.1) is 0 Å². The maximum absolute atomic E-state index is 3.77. The van der Waals surface area contributed by atoms with Crippen LogP contribution in [0.1, 0.15) is 5.56 Å². The summed E-state index contributed by atoms with van der Waals surface area (Å²) in [5.41, 5.74) is 1.38. The molecular formula is C12H20ClN+2. The van der Waals surface area contributed by atoms with E-state index >= 15 is 0 Å². The van der Waals surface area contributed by atoms with Crippen LogP contribution in [0.4, 0.5) is 0 Å². The zero-order valence-corrected chi connectivity index (χ0v) is 9.87. The summed E-state index contributed by atoms with van der Waals surface area (Å²) in [5, 5.41) is 0. The number of rotatable bonds is 4. The molecule has 0 aliphatic heterocycles. The Labute approximate surface area is 93.1 Å². The quantitative estimate of drug-likeness (QED) is 0.530. The first-order valence-corrected chi connectivity index (χ1v) is 4.61. The molecule has 0 amide bonds. The number of hydrogen-bond acceptors (Lipinski definition) is 0. The van der Waals surface area contributed by atoms with Crippen LogP contribution in [0.3, 0.4) is 0 Å². The minimum atomic E-state index is 0. The van der Waals surface area contributed by atoms with Gasteiger partial charge in [-0.05, 0) is 6.08 Å². The fourth-order valence-corrected chi connectivity index (χ4v) is 1.49. The molecule has 0 fully saturated rings. The van der Waals surface area contributed by atoms with Gasteiger partial charge in [-0.1, -0.05) is 36.9 Å². The summed E-state index contributed by atoms with van der Waals surface area (Å²) < 4.78 is 0.966. The van der Waals surface area contributed by atoms with Gasteiger partial charge in [0.1, 0.15) is 6.54 Å². The Kier molecular flexibility index (Phi) is 5.51. The molecule has 0 radical (unpaired) electrons. The predicted octanol–water partition coefficient (Wildman–Crippen LogP) is 1.91. The number of likely N-dealkylation sites (N-methyl/N-ethyl adjacent to an activating group) is 1. The SMILES string of the molecule is C=CC[N+](C)(C)Cc1ccccc1.[ClH2+]. The van der Waals surface area contributed by atoms with E-state index in [1.54, 1.807) is 0 Å². The fraction of sp³-hybridized carbons (Fsp3) is 0.333. The van der Waals surface area contributed by atoms with Crippen molar-refractivity contribution in [2.24, 2.45) is 0 Å². The van der Waals surface area contributed by atoms with Crippen molar-refractivity contribution in [3.05, 3.63) is 48.6 Å². The number of benzene rings is 1. The molecule has 0 aliphatic carbocycles. The van der Waals surface area contributed by atoms with E-state index in [0.717, 1.165) is 17.6 Å². The third kappa shape index (κ3) is 4.45. The second kappa shape index (κ2) is 5.84. The zero-order chi connectivity index (χ0) is 9.73. The highest BCUT2D eigenvalue weighted by Gasteiger charge is 2.12. The molecule has 1 aromatic carbocycles. The first-order chi connectivity index (χ1) is 6.14. The van der Waals surface area contributed by atoms with Crippen LogP contribution >= 0.6 is 0 Å². The van der Waals surface area contributed by atoms with Crippen molar-refractivity contribution in [1.29, 1.82) is 0 Å². The molecule has 1 nitrogen and oxygen atoms in total. The molecule has 0 saturated carbocycles. The summed E-state index contributed by atoms with van der Waals surface area (Å²) in [4.78, 5) is 0. The average Bonchev–Trinajstić information content (AvgIpc) is 2.04. The lowest BCUT2D eigenvalue weighted by Gasteiger charge is -2.28. The molecule has 14 heavy (non-hydrogen) atoms. The minimum Gasteiger partial charge on any atom is -0.321 e. The summed E-state index contributed by atoms with van der Waals surface area (Å²) in [7, 11) is 4.43. The summed E-state index contributed by atoms with van der Waals surface area (Å²) >= 11 is 0. The van der Waals surface area contributed by atoms with Gasteiger partial charge in [0.2, 0.25) is 0 Å². The average molecular weight is 214 g/mol. The van der Waals surface area contributed by atoms with E-state index in [1.807, 2.05) is 6.08 Å². The Morgan fingerprint density at radius 3 is 2.29 bits per heavy atom. The largest absolute Gasteiger partial charge is 0.321 e. The lowest BCUT2D eigenvalue weighted by molar-refractivity contribution is -0.897. The molecule has 0 aliphatic rings. The van der Waals surface area contributed by atoms with Crippen molar-refractivity contribution in [2.75, 3.05) is 20.6 Å². The molecule has 0 atom stereocenters. The van der Waals surface area contributed by atoms with Gasteiger partial charge in [-0.2, -0.15) is 0 Å². The fourth-order valence-electron chi connectivity index (χ4n) is 1.49. The summed E-state index contributed by atoms with van der Waals surface area (Å²) in [6.07, 6.45) is 1.98. The van der Waals surface area contributed by atoms with Crippen molar-refractivity contribution in [3.63, 3.8) is 0 Å². The molecule has 0 heterocycles. The molecular weight excluding hydrogens is 194 g/mol. The molecule has 0 unspecified atom stereocenters. The Bertz CT molecular complexity index is 267. The molecule has 0 aromatic heterocycles. The highest BCUT2D eigenvalue weighted by Crippen LogP contribution is 2.08. The van der Waals surface area contributed by atoms with E-state index in [1.165, 1.54) is 5.56 Å². The lowest BCUT2D eigenvalue weighted by Crippen LogP contribution is -2.38. The van der Waals surface area contributed by atoms with E-state index < -0.39 is 0 Å². The molecule has 0 N–H and O–H groups in total. The molecule has 1 aromatic rings. The molecule has 1 rings (SSSR count). The molecule has 78 valence electrons. The van der Waals surface area contributed by atoms with Crippen LogP contribution in [0, 0.1) is 12.4 Å². The zero-order valence-electron chi connectivity index (χ0n) is 8.98. The van der Waals surface area contributed by atoms with Crippen molar-refractivity contribution < 1.29 is 16.9 Å². The monoisotopic (exact) mass is 213 g/mol. The Balaban J connectivity index is 0.00000169. The predicted molar refractivity (Wildman–Crippen MR) is 60.1 cm³/mol. The number of quaternary nitrogens is 1. The van der Waals surface area contributed by atoms with Crippen LogP contribution in [0.25, 0.3) is 0 Å². The van der Waals surface area contributed by atoms with E-state index in [0.29, 0.717) is 0 Å². The standard InChI is InChI=1S/C12H18N.ClH2/c1-4-10-13(2,3)11-12-8-6-5-7-9-12;/h4-9H,1,10-11H2,2-3H3;1H2/q2*+1. The third-order valence-corrected chi connectivity index (χ3v) is 2.08. The van der Waals surface area contributed by atoms with Gasteiger partial charge in [0.25, 0.3) is 0 Å². The third-order valence-electron chi connectivity index (χ3n) is 2.08. The second-order valence-corrected chi connectivity index (χ2v) is 4.05. The van der Waals surface area contributed by atoms with Crippen LogP contribution in [-0.2, 0) is 6.54 Å². The van der Waals surface area contributed by atoms with Gasteiger partial charge in [0.15, 0.2) is 0 Å². The minimum absolute atomic E-state index is 0. The van der Waals surface area contributed by atoms with Crippen LogP contribution < -0.4 is 0 Å². The van der Waals surface area contributed by atoms with Crippen molar-refractivity contribution in [1.82, 2.24) is 0 Å². The molecule has 2 heteroatoms. The number of nitrogens with zero attached hydrogens (tertiary/aromatic N) is 1. The van der Waals surface area contributed by atoms with E-state index in [4.69, 9.17) is 0 Å². The van der Waals surface area contributed by atoms with E-state index in [2.05, 4.69) is 51.0 Å². The Morgan fingerprint density at radius 1 is 1.21 bits per heavy atom. The number of halogens is 1. The second-order valence-electron chi connectivity index (χ2n) is 4.05. The highest BCUT2D eigenvalue weighted by molar-refractivity contribution is 5.13. The van der Waals surface area contributed by atoms with Crippen molar-refractivity contribution in [3.8, 4) is 0 Å². The van der Waals surface area contributed by atoms with Gasteiger partial charge >= 0.3 is 0 Å². The van der Waals surface area contributed by atoms with Crippen LogP contribution in [-0.4, -0.2) is 25.1 Å². The van der Waals surface area contributed by atoms with E-state index in [-0.39, 0.29) is 12.4 Å². The number of hydrogen-bond donors (Lipinski definition) is 0. The van der Waals surface area contributed by atoms with Crippen molar-refractivity contribution in [2.45, 2.75) is 6.54 Å². The van der Waals surface area contributed by atoms with Gasteiger partial charge in [-0.25, -0.2) is 0 Å². The van der Waals surface area contributed by atoms with Crippen LogP contribution in [0.15, 0.2) is 43.0 Å². The van der Waals surface area contributed by atoms with Crippen LogP contribution in [0.2, 0.25) is 0 Å². The molecule has 0 spiro atoms. The highest BCUT2D eigenvalue weighted by atomic mass is 35.5. The molecule has 0 bridgehead atoms. The van der Waals surface area contributed by atoms with E-state index in [9.17, 15) is 0 Å².